The van der Waals surface area contributed by atoms with Gasteiger partial charge in [-0.05, 0) is 42.5 Å². The van der Waals surface area contributed by atoms with Crippen LogP contribution in [0.3, 0.4) is 0 Å². The largest absolute Gasteiger partial charge is 0.492 e. The molecule has 2 fully saturated rings. The summed E-state index contributed by atoms with van der Waals surface area (Å²) in [6.45, 7) is 5.16. The molecule has 11 heteroatoms. The number of carboxylic acid groups (broad SMARTS) is 1. The Morgan fingerprint density at radius 1 is 1.08 bits per heavy atom. The minimum atomic E-state index is -1.17. The first kappa shape index (κ1) is 30.2. The van der Waals surface area contributed by atoms with Crippen molar-refractivity contribution in [3.05, 3.63) is 65.0 Å². The van der Waals surface area contributed by atoms with E-state index < -0.39 is 29.5 Å². The van der Waals surface area contributed by atoms with Crippen molar-refractivity contribution in [3.63, 3.8) is 0 Å². The number of piperidine rings is 1. The van der Waals surface area contributed by atoms with E-state index in [9.17, 15) is 23.1 Å². The summed E-state index contributed by atoms with van der Waals surface area (Å²) in [4.78, 5) is 13.3. The van der Waals surface area contributed by atoms with Crippen LogP contribution in [0.1, 0.15) is 18.1 Å². The average Bonchev–Trinajstić information content (AvgIpc) is 3.25. The molecule has 36 heavy (non-hydrogen) atoms. The number of fused-ring (bicyclic) bond motifs is 1. The van der Waals surface area contributed by atoms with Crippen molar-refractivity contribution in [1.82, 2.24) is 10.2 Å². The van der Waals surface area contributed by atoms with E-state index in [4.69, 9.17) is 9.47 Å². The van der Waals surface area contributed by atoms with Crippen LogP contribution in [-0.2, 0) is 22.5 Å². The lowest BCUT2D eigenvalue weighted by molar-refractivity contribution is -0.149. The molecule has 4 rings (SSSR count). The van der Waals surface area contributed by atoms with Crippen molar-refractivity contribution >= 4 is 30.8 Å². The molecule has 1 heterocycles. The van der Waals surface area contributed by atoms with Crippen molar-refractivity contribution in [2.75, 3.05) is 32.8 Å². The second-order valence-corrected chi connectivity index (χ2v) is 8.84. The molecule has 6 nitrogen and oxygen atoms in total. The number of ether oxygens (including phenoxy) is 2. The molecule has 0 amide bonds. The van der Waals surface area contributed by atoms with E-state index in [1.807, 2.05) is 24.3 Å². The number of halogens is 5. The highest BCUT2D eigenvalue weighted by molar-refractivity contribution is 5.85. The SMILES string of the molecule is CCO[C@@H](Cc1ccc(OCCNC2[C@H]3CN(Cc4cc(F)c(F)cc4F)C[C@@H]23)cc1)C(=O)O.Cl.Cl. The summed E-state index contributed by atoms with van der Waals surface area (Å²) < 4.78 is 51.4. The fourth-order valence-electron chi connectivity index (χ4n) is 4.72. The molecule has 2 aromatic rings. The molecule has 0 radical (unpaired) electrons. The highest BCUT2D eigenvalue weighted by atomic mass is 35.5. The molecule has 1 aliphatic heterocycles. The quantitative estimate of drug-likeness (QED) is 0.306. The number of hydrogen-bond acceptors (Lipinski definition) is 5. The maximum atomic E-state index is 13.9. The topological polar surface area (TPSA) is 71.0 Å². The second kappa shape index (κ2) is 13.5. The average molecular weight is 551 g/mol. The van der Waals surface area contributed by atoms with Crippen LogP contribution in [0.15, 0.2) is 36.4 Å². The number of carbonyl (C=O) groups is 1. The first-order valence-electron chi connectivity index (χ1n) is 11.5. The lowest BCUT2D eigenvalue weighted by Crippen LogP contribution is -2.33. The number of rotatable bonds is 12. The molecule has 1 unspecified atom stereocenters. The van der Waals surface area contributed by atoms with Crippen molar-refractivity contribution < 1.29 is 32.5 Å². The van der Waals surface area contributed by atoms with Crippen LogP contribution in [-0.4, -0.2) is 61.0 Å². The molecule has 2 aromatic carbocycles. The third-order valence-corrected chi connectivity index (χ3v) is 6.49. The maximum absolute atomic E-state index is 13.9. The van der Waals surface area contributed by atoms with Gasteiger partial charge in [-0.25, -0.2) is 18.0 Å². The predicted molar refractivity (Wildman–Crippen MR) is 134 cm³/mol. The first-order chi connectivity index (χ1) is 16.4. The molecule has 0 bridgehead atoms. The molecule has 2 aliphatic rings. The summed E-state index contributed by atoms with van der Waals surface area (Å²) in [5.41, 5.74) is 1.05. The Balaban J connectivity index is 0.00000228. The van der Waals surface area contributed by atoms with Gasteiger partial charge in [-0.15, -0.1) is 24.8 Å². The Morgan fingerprint density at radius 2 is 1.72 bits per heavy atom. The molecule has 2 N–H and O–H groups in total. The van der Waals surface area contributed by atoms with E-state index in [2.05, 4.69) is 10.2 Å². The molecule has 1 saturated heterocycles. The molecule has 1 aliphatic carbocycles. The number of benzene rings is 2. The zero-order valence-corrected chi connectivity index (χ0v) is 21.4. The Labute approximate surface area is 221 Å². The van der Waals surface area contributed by atoms with Crippen LogP contribution in [0.4, 0.5) is 13.2 Å². The van der Waals surface area contributed by atoms with E-state index in [0.29, 0.717) is 55.9 Å². The number of likely N-dealkylation sites (tertiary alicyclic amines) is 1. The van der Waals surface area contributed by atoms with E-state index in [-0.39, 0.29) is 36.9 Å². The van der Waals surface area contributed by atoms with E-state index in [0.717, 1.165) is 24.7 Å². The maximum Gasteiger partial charge on any atom is 0.333 e. The lowest BCUT2D eigenvalue weighted by atomic mass is 10.1. The zero-order chi connectivity index (χ0) is 24.2. The summed E-state index contributed by atoms with van der Waals surface area (Å²) in [6.07, 6.45) is -0.555. The Kier molecular flexibility index (Phi) is 11.3. The fourth-order valence-corrected chi connectivity index (χ4v) is 4.72. The van der Waals surface area contributed by atoms with Gasteiger partial charge in [0.1, 0.15) is 18.2 Å². The smallest absolute Gasteiger partial charge is 0.333 e. The van der Waals surface area contributed by atoms with Crippen LogP contribution in [0.5, 0.6) is 5.75 Å². The monoisotopic (exact) mass is 550 g/mol. The third-order valence-electron chi connectivity index (χ3n) is 6.49. The van der Waals surface area contributed by atoms with Crippen LogP contribution >= 0.6 is 24.8 Å². The van der Waals surface area contributed by atoms with E-state index >= 15 is 0 Å². The molecular formula is C25H31Cl2F3N2O4. The standard InChI is InChI=1S/C25H29F3N2O4.2ClH/c1-2-33-23(25(31)32)9-15-3-5-17(6-4-15)34-8-7-29-24-18-13-30(14-19(18)24)12-16-10-21(27)22(28)11-20(16)26;;/h3-6,10-11,18-19,23-24,29H,2,7-9,12-14H2,1H3,(H,31,32);2*1H/t18-,19+,23-,24?;;/m0../s1. The van der Waals surface area contributed by atoms with Gasteiger partial charge in [0.05, 0.1) is 0 Å². The van der Waals surface area contributed by atoms with Gasteiger partial charge in [0.2, 0.25) is 0 Å². The van der Waals surface area contributed by atoms with Gasteiger partial charge in [0, 0.05) is 56.9 Å². The van der Waals surface area contributed by atoms with Crippen LogP contribution in [0, 0.1) is 29.3 Å². The van der Waals surface area contributed by atoms with Gasteiger partial charge >= 0.3 is 5.97 Å². The van der Waals surface area contributed by atoms with Crippen molar-refractivity contribution in [1.29, 1.82) is 0 Å². The van der Waals surface area contributed by atoms with Crippen LogP contribution < -0.4 is 10.1 Å². The molecule has 1 saturated carbocycles. The van der Waals surface area contributed by atoms with E-state index in [1.165, 1.54) is 0 Å². The Hall–Kier alpha value is -2.04. The van der Waals surface area contributed by atoms with Crippen LogP contribution in [0.2, 0.25) is 0 Å². The third kappa shape index (κ3) is 7.49. The van der Waals surface area contributed by atoms with Gasteiger partial charge in [-0.1, -0.05) is 12.1 Å². The number of hydrogen-bond donors (Lipinski definition) is 2. The normalized spacial score (nSPS) is 21.2. The van der Waals surface area contributed by atoms with Gasteiger partial charge < -0.3 is 19.9 Å². The highest BCUT2D eigenvalue weighted by Crippen LogP contribution is 2.45. The summed E-state index contributed by atoms with van der Waals surface area (Å²) in [5, 5.41) is 12.7. The molecular weight excluding hydrogens is 520 g/mol. The molecule has 0 aromatic heterocycles. The lowest BCUT2D eigenvalue weighted by Gasteiger charge is -2.20. The summed E-state index contributed by atoms with van der Waals surface area (Å²) in [5.74, 6) is -2.22. The minimum Gasteiger partial charge on any atom is -0.492 e. The molecule has 4 atom stereocenters. The van der Waals surface area contributed by atoms with Crippen LogP contribution in [0.25, 0.3) is 0 Å². The van der Waals surface area contributed by atoms with Crippen molar-refractivity contribution in [2.24, 2.45) is 11.8 Å². The number of aliphatic carboxylic acids is 1. The Morgan fingerprint density at radius 3 is 2.33 bits per heavy atom. The fraction of sp³-hybridized carbons (Fsp3) is 0.480. The van der Waals surface area contributed by atoms with Gasteiger partial charge in [0.25, 0.3) is 0 Å². The summed E-state index contributed by atoms with van der Waals surface area (Å²) >= 11 is 0. The Bertz CT molecular complexity index is 1000. The molecule has 0 spiro atoms. The number of nitrogens with zero attached hydrogens (tertiary/aromatic N) is 1. The van der Waals surface area contributed by atoms with Gasteiger partial charge in [0.15, 0.2) is 17.7 Å². The zero-order valence-electron chi connectivity index (χ0n) is 19.8. The summed E-state index contributed by atoms with van der Waals surface area (Å²) in [6, 6.07) is 9.26. The predicted octanol–water partition coefficient (Wildman–Crippen LogP) is 4.08. The second-order valence-electron chi connectivity index (χ2n) is 8.84. The first-order valence-corrected chi connectivity index (χ1v) is 11.5. The number of nitrogens with one attached hydrogen (secondary N) is 1. The molecule has 200 valence electrons. The van der Waals surface area contributed by atoms with Crippen molar-refractivity contribution in [3.8, 4) is 5.75 Å². The summed E-state index contributed by atoms with van der Waals surface area (Å²) in [7, 11) is 0. The van der Waals surface area contributed by atoms with E-state index in [1.54, 1.807) is 6.92 Å². The van der Waals surface area contributed by atoms with Crippen molar-refractivity contribution in [2.45, 2.75) is 32.0 Å². The number of carboxylic acids is 1. The van der Waals surface area contributed by atoms with Gasteiger partial charge in [-0.3, -0.25) is 4.90 Å². The van der Waals surface area contributed by atoms with Gasteiger partial charge in [-0.2, -0.15) is 0 Å². The minimum absolute atomic E-state index is 0. The highest BCUT2D eigenvalue weighted by Gasteiger charge is 2.55.